The van der Waals surface area contributed by atoms with E-state index in [1.54, 1.807) is 0 Å². The van der Waals surface area contributed by atoms with Gasteiger partial charge in [0.1, 0.15) is 0 Å². The number of hydrogen-bond donors (Lipinski definition) is 1. The Bertz CT molecular complexity index is 502. The van der Waals surface area contributed by atoms with Crippen LogP contribution in [0.5, 0.6) is 0 Å². The molecule has 0 saturated heterocycles. The van der Waals surface area contributed by atoms with E-state index in [2.05, 4.69) is 63.9 Å². The number of nitrogens with zero attached hydrogens (tertiary/aromatic N) is 3. The van der Waals surface area contributed by atoms with Crippen LogP contribution in [0.2, 0.25) is 0 Å². The predicted molar refractivity (Wildman–Crippen MR) is 83.9 cm³/mol. The highest BCUT2D eigenvalue weighted by atomic mass is 15.2. The molecule has 20 heavy (non-hydrogen) atoms. The van der Waals surface area contributed by atoms with Crippen molar-refractivity contribution in [3.63, 3.8) is 0 Å². The molecule has 1 atom stereocenters. The Morgan fingerprint density at radius 2 is 1.90 bits per heavy atom. The van der Waals surface area contributed by atoms with E-state index in [4.69, 9.17) is 0 Å². The standard InChI is InChI=1S/C16H24N4/c1-4-19(5-2)15(14-9-7-6-8-10-14)13-20-12-11-18-16(20)17-3/h6-12,15H,4-5,13H2,1-3H3,(H,17,18). The van der Waals surface area contributed by atoms with Crippen molar-refractivity contribution in [2.24, 2.45) is 0 Å². The fraction of sp³-hybridized carbons (Fsp3) is 0.438. The van der Waals surface area contributed by atoms with Crippen molar-refractivity contribution in [1.82, 2.24) is 14.5 Å². The first-order valence-corrected chi connectivity index (χ1v) is 7.28. The number of hydrogen-bond acceptors (Lipinski definition) is 3. The van der Waals surface area contributed by atoms with Crippen LogP contribution in [-0.4, -0.2) is 34.6 Å². The summed E-state index contributed by atoms with van der Waals surface area (Å²) in [6.45, 7) is 7.42. The summed E-state index contributed by atoms with van der Waals surface area (Å²) in [6, 6.07) is 11.1. The van der Waals surface area contributed by atoms with Gasteiger partial charge in [-0.05, 0) is 18.7 Å². The summed E-state index contributed by atoms with van der Waals surface area (Å²) >= 11 is 0. The van der Waals surface area contributed by atoms with Gasteiger partial charge in [-0.2, -0.15) is 0 Å². The molecule has 0 fully saturated rings. The number of likely N-dealkylation sites (N-methyl/N-ethyl adjacent to an activating group) is 1. The number of imidazole rings is 1. The first kappa shape index (κ1) is 14.6. The highest BCUT2D eigenvalue weighted by molar-refractivity contribution is 5.26. The molecular weight excluding hydrogens is 248 g/mol. The van der Waals surface area contributed by atoms with Crippen LogP contribution in [0.25, 0.3) is 0 Å². The molecule has 4 heteroatoms. The van der Waals surface area contributed by atoms with Gasteiger partial charge in [-0.15, -0.1) is 0 Å². The number of benzene rings is 1. The van der Waals surface area contributed by atoms with E-state index in [0.29, 0.717) is 6.04 Å². The largest absolute Gasteiger partial charge is 0.359 e. The Hall–Kier alpha value is -1.81. The number of nitrogens with one attached hydrogen (secondary N) is 1. The molecule has 2 rings (SSSR count). The molecule has 4 nitrogen and oxygen atoms in total. The minimum absolute atomic E-state index is 0.368. The molecule has 0 bridgehead atoms. The van der Waals surface area contributed by atoms with Crippen molar-refractivity contribution < 1.29 is 0 Å². The van der Waals surface area contributed by atoms with Crippen LogP contribution in [-0.2, 0) is 6.54 Å². The second-order valence-electron chi connectivity index (χ2n) is 4.80. The molecule has 0 saturated carbocycles. The Kier molecular flexibility index (Phi) is 5.18. The summed E-state index contributed by atoms with van der Waals surface area (Å²) < 4.78 is 2.18. The number of rotatable bonds is 7. The van der Waals surface area contributed by atoms with E-state index >= 15 is 0 Å². The lowest BCUT2D eigenvalue weighted by Gasteiger charge is -2.30. The van der Waals surface area contributed by atoms with E-state index in [-0.39, 0.29) is 0 Å². The second-order valence-corrected chi connectivity index (χ2v) is 4.80. The lowest BCUT2D eigenvalue weighted by molar-refractivity contribution is 0.198. The SMILES string of the molecule is CCN(CC)C(Cn1ccnc1NC)c1ccccc1. The van der Waals surface area contributed by atoms with E-state index < -0.39 is 0 Å². The van der Waals surface area contributed by atoms with Crippen molar-refractivity contribution in [1.29, 1.82) is 0 Å². The fourth-order valence-electron chi connectivity index (χ4n) is 2.64. The number of aromatic nitrogens is 2. The molecule has 1 aromatic carbocycles. The van der Waals surface area contributed by atoms with Gasteiger partial charge in [0.2, 0.25) is 5.95 Å². The molecule has 1 unspecified atom stereocenters. The maximum absolute atomic E-state index is 4.33. The molecule has 1 aromatic heterocycles. The minimum atomic E-state index is 0.368. The van der Waals surface area contributed by atoms with Gasteiger partial charge in [0.25, 0.3) is 0 Å². The Balaban J connectivity index is 2.27. The maximum atomic E-state index is 4.33. The van der Waals surface area contributed by atoms with Crippen LogP contribution in [0.15, 0.2) is 42.7 Å². The average Bonchev–Trinajstić information content (AvgIpc) is 2.95. The second kappa shape index (κ2) is 7.10. The summed E-state index contributed by atoms with van der Waals surface area (Å²) in [5.74, 6) is 0.915. The highest BCUT2D eigenvalue weighted by Gasteiger charge is 2.19. The van der Waals surface area contributed by atoms with Crippen LogP contribution < -0.4 is 5.32 Å². The van der Waals surface area contributed by atoms with Gasteiger partial charge in [-0.3, -0.25) is 4.90 Å². The molecule has 1 N–H and O–H groups in total. The highest BCUT2D eigenvalue weighted by Crippen LogP contribution is 2.23. The topological polar surface area (TPSA) is 33.1 Å². The Morgan fingerprint density at radius 1 is 1.20 bits per heavy atom. The zero-order chi connectivity index (χ0) is 14.4. The minimum Gasteiger partial charge on any atom is -0.359 e. The van der Waals surface area contributed by atoms with Gasteiger partial charge in [0.15, 0.2) is 0 Å². The molecule has 0 aliphatic heterocycles. The quantitative estimate of drug-likeness (QED) is 0.841. The maximum Gasteiger partial charge on any atom is 0.202 e. The van der Waals surface area contributed by atoms with Crippen LogP contribution in [0, 0.1) is 0 Å². The van der Waals surface area contributed by atoms with Gasteiger partial charge in [0.05, 0.1) is 6.04 Å². The van der Waals surface area contributed by atoms with Crippen molar-refractivity contribution in [2.75, 3.05) is 25.5 Å². The fourth-order valence-corrected chi connectivity index (χ4v) is 2.64. The van der Waals surface area contributed by atoms with Crippen molar-refractivity contribution in [2.45, 2.75) is 26.4 Å². The molecule has 2 aromatic rings. The molecule has 0 aliphatic rings. The van der Waals surface area contributed by atoms with Gasteiger partial charge >= 0.3 is 0 Å². The third-order valence-corrected chi connectivity index (χ3v) is 3.75. The van der Waals surface area contributed by atoms with Gasteiger partial charge < -0.3 is 9.88 Å². The normalized spacial score (nSPS) is 12.6. The summed E-state index contributed by atoms with van der Waals surface area (Å²) in [6.07, 6.45) is 3.88. The first-order valence-electron chi connectivity index (χ1n) is 7.28. The number of anilines is 1. The zero-order valence-corrected chi connectivity index (χ0v) is 12.6. The molecular formula is C16H24N4. The lowest BCUT2D eigenvalue weighted by atomic mass is 10.1. The van der Waals surface area contributed by atoms with Crippen LogP contribution in [0.1, 0.15) is 25.5 Å². The average molecular weight is 272 g/mol. The van der Waals surface area contributed by atoms with E-state index in [1.807, 2.05) is 19.4 Å². The van der Waals surface area contributed by atoms with Crippen LogP contribution >= 0.6 is 0 Å². The monoisotopic (exact) mass is 272 g/mol. The molecule has 0 spiro atoms. The van der Waals surface area contributed by atoms with Crippen LogP contribution in [0.3, 0.4) is 0 Å². The third-order valence-electron chi connectivity index (χ3n) is 3.75. The summed E-state index contributed by atoms with van der Waals surface area (Å²) in [5, 5.41) is 3.14. The van der Waals surface area contributed by atoms with Crippen molar-refractivity contribution >= 4 is 5.95 Å². The van der Waals surface area contributed by atoms with Gasteiger partial charge in [0, 0.05) is 26.0 Å². The molecule has 0 aliphatic carbocycles. The smallest absolute Gasteiger partial charge is 0.202 e. The van der Waals surface area contributed by atoms with Crippen LogP contribution in [0.4, 0.5) is 5.95 Å². The van der Waals surface area contributed by atoms with E-state index in [9.17, 15) is 0 Å². The predicted octanol–water partition coefficient (Wildman–Crippen LogP) is 3.01. The van der Waals surface area contributed by atoms with E-state index in [0.717, 1.165) is 25.6 Å². The van der Waals surface area contributed by atoms with Crippen molar-refractivity contribution in [3.05, 3.63) is 48.3 Å². The van der Waals surface area contributed by atoms with Crippen molar-refractivity contribution in [3.8, 4) is 0 Å². The lowest BCUT2D eigenvalue weighted by Crippen LogP contribution is -2.31. The molecule has 0 radical (unpaired) electrons. The molecule has 1 heterocycles. The summed E-state index contributed by atoms with van der Waals surface area (Å²) in [7, 11) is 1.91. The summed E-state index contributed by atoms with van der Waals surface area (Å²) in [4.78, 5) is 6.81. The third kappa shape index (κ3) is 3.20. The summed E-state index contributed by atoms with van der Waals surface area (Å²) in [5.41, 5.74) is 1.35. The van der Waals surface area contributed by atoms with Gasteiger partial charge in [-0.25, -0.2) is 4.98 Å². The Morgan fingerprint density at radius 3 is 2.50 bits per heavy atom. The zero-order valence-electron chi connectivity index (χ0n) is 12.6. The molecule has 0 amide bonds. The van der Waals surface area contributed by atoms with E-state index in [1.165, 1.54) is 5.56 Å². The molecule has 108 valence electrons. The Labute approximate surface area is 121 Å². The first-order chi connectivity index (χ1) is 9.80. The van der Waals surface area contributed by atoms with Gasteiger partial charge in [-0.1, -0.05) is 44.2 Å².